The highest BCUT2D eigenvalue weighted by Crippen LogP contribution is 2.30. The van der Waals surface area contributed by atoms with Crippen LogP contribution in [0.25, 0.3) is 0 Å². The zero-order valence-corrected chi connectivity index (χ0v) is 8.94. The van der Waals surface area contributed by atoms with Gasteiger partial charge in [-0.2, -0.15) is 5.10 Å². The van der Waals surface area contributed by atoms with Gasteiger partial charge in [0.15, 0.2) is 5.69 Å². The van der Waals surface area contributed by atoms with Crippen molar-refractivity contribution in [1.82, 2.24) is 9.78 Å². The van der Waals surface area contributed by atoms with Crippen molar-refractivity contribution >= 4 is 5.69 Å². The van der Waals surface area contributed by atoms with Crippen molar-refractivity contribution in [2.24, 2.45) is 5.73 Å². The first kappa shape index (κ1) is 11.3. The largest absolute Gasteiger partial charge is 0.396 e. The second kappa shape index (κ2) is 4.37. The minimum Gasteiger partial charge on any atom is -0.396 e. The first-order valence-corrected chi connectivity index (χ1v) is 5.46. The summed E-state index contributed by atoms with van der Waals surface area (Å²) in [5, 5.41) is 3.86. The monoisotopic (exact) mass is 230 g/mol. The van der Waals surface area contributed by atoms with Gasteiger partial charge >= 0.3 is 0 Å². The van der Waals surface area contributed by atoms with Crippen LogP contribution in [0.3, 0.4) is 0 Å². The van der Waals surface area contributed by atoms with Gasteiger partial charge in [-0.1, -0.05) is 0 Å². The number of halogens is 2. The third kappa shape index (κ3) is 2.16. The van der Waals surface area contributed by atoms with Gasteiger partial charge in [0.1, 0.15) is 0 Å². The van der Waals surface area contributed by atoms with Gasteiger partial charge in [0.25, 0.3) is 6.43 Å². The molecule has 1 aliphatic carbocycles. The molecular formula is C10H16F2N4. The van der Waals surface area contributed by atoms with Crippen molar-refractivity contribution in [3.05, 3.63) is 11.9 Å². The molecule has 0 aliphatic heterocycles. The van der Waals surface area contributed by atoms with E-state index >= 15 is 0 Å². The van der Waals surface area contributed by atoms with Crippen LogP contribution < -0.4 is 11.5 Å². The Morgan fingerprint density at radius 2 is 1.94 bits per heavy atom. The Kier molecular flexibility index (Phi) is 3.09. The van der Waals surface area contributed by atoms with E-state index in [-0.39, 0.29) is 23.5 Å². The first-order valence-electron chi connectivity index (χ1n) is 5.46. The molecule has 0 unspecified atom stereocenters. The predicted molar refractivity (Wildman–Crippen MR) is 57.1 cm³/mol. The predicted octanol–water partition coefficient (Wildman–Crippen LogP) is 1.85. The highest BCUT2D eigenvalue weighted by atomic mass is 19.3. The van der Waals surface area contributed by atoms with Crippen LogP contribution in [0.4, 0.5) is 14.5 Å². The van der Waals surface area contributed by atoms with Gasteiger partial charge in [-0.05, 0) is 25.7 Å². The van der Waals surface area contributed by atoms with Crippen molar-refractivity contribution in [2.75, 3.05) is 5.73 Å². The van der Waals surface area contributed by atoms with Crippen LogP contribution >= 0.6 is 0 Å². The van der Waals surface area contributed by atoms with Crippen molar-refractivity contribution in [1.29, 1.82) is 0 Å². The maximum Gasteiger partial charge on any atom is 0.284 e. The first-order chi connectivity index (χ1) is 7.58. The number of rotatable bonds is 2. The molecule has 1 aromatic heterocycles. The number of nitrogens with zero attached hydrogens (tertiary/aromatic N) is 2. The van der Waals surface area contributed by atoms with E-state index in [0.717, 1.165) is 25.7 Å². The molecule has 1 fully saturated rings. The maximum atomic E-state index is 12.5. The van der Waals surface area contributed by atoms with Gasteiger partial charge in [-0.15, -0.1) is 0 Å². The van der Waals surface area contributed by atoms with Crippen LogP contribution in [-0.4, -0.2) is 15.8 Å². The topological polar surface area (TPSA) is 69.9 Å². The number of nitrogens with two attached hydrogens (primary N) is 2. The van der Waals surface area contributed by atoms with Crippen LogP contribution in [0.2, 0.25) is 0 Å². The number of anilines is 1. The van der Waals surface area contributed by atoms with E-state index in [1.165, 1.54) is 6.20 Å². The third-order valence-electron chi connectivity index (χ3n) is 3.11. The summed E-state index contributed by atoms with van der Waals surface area (Å²) >= 11 is 0. The van der Waals surface area contributed by atoms with Gasteiger partial charge in [0, 0.05) is 12.2 Å². The molecule has 0 bridgehead atoms. The molecule has 0 saturated heterocycles. The average molecular weight is 230 g/mol. The number of hydrogen-bond donors (Lipinski definition) is 2. The lowest BCUT2D eigenvalue weighted by atomic mass is 9.92. The fourth-order valence-corrected chi connectivity index (χ4v) is 2.14. The number of hydrogen-bond acceptors (Lipinski definition) is 3. The van der Waals surface area contributed by atoms with Crippen LogP contribution in [0, 0.1) is 0 Å². The molecule has 90 valence electrons. The molecule has 2 rings (SSSR count). The molecule has 6 heteroatoms. The van der Waals surface area contributed by atoms with E-state index in [2.05, 4.69) is 5.10 Å². The van der Waals surface area contributed by atoms with E-state index in [1.807, 2.05) is 0 Å². The molecule has 0 spiro atoms. The lowest BCUT2D eigenvalue weighted by Crippen LogP contribution is -2.28. The van der Waals surface area contributed by atoms with Gasteiger partial charge in [0.05, 0.1) is 11.7 Å². The van der Waals surface area contributed by atoms with Crippen LogP contribution in [0.1, 0.15) is 43.8 Å². The minimum atomic E-state index is -2.60. The van der Waals surface area contributed by atoms with Crippen LogP contribution in [0.5, 0.6) is 0 Å². The SMILES string of the molecule is Nc1cn(C2CCC(N)CC2)nc1C(F)F. The quantitative estimate of drug-likeness (QED) is 0.814. The number of alkyl halides is 2. The summed E-state index contributed by atoms with van der Waals surface area (Å²) in [5.74, 6) is 0. The summed E-state index contributed by atoms with van der Waals surface area (Å²) < 4.78 is 26.6. The average Bonchev–Trinajstić information content (AvgIpc) is 2.61. The molecule has 4 N–H and O–H groups in total. The van der Waals surface area contributed by atoms with Crippen molar-refractivity contribution in [3.63, 3.8) is 0 Å². The zero-order valence-electron chi connectivity index (χ0n) is 8.94. The van der Waals surface area contributed by atoms with Crippen molar-refractivity contribution < 1.29 is 8.78 Å². The van der Waals surface area contributed by atoms with E-state index < -0.39 is 6.43 Å². The maximum absolute atomic E-state index is 12.5. The van der Waals surface area contributed by atoms with Gasteiger partial charge in [-0.25, -0.2) is 8.78 Å². The lowest BCUT2D eigenvalue weighted by molar-refractivity contribution is 0.144. The molecule has 1 saturated carbocycles. The second-order valence-electron chi connectivity index (χ2n) is 4.32. The Bertz CT molecular complexity index is 356. The molecule has 1 aliphatic rings. The summed E-state index contributed by atoms with van der Waals surface area (Å²) in [7, 11) is 0. The van der Waals surface area contributed by atoms with Gasteiger partial charge in [0.2, 0.25) is 0 Å². The number of aromatic nitrogens is 2. The fourth-order valence-electron chi connectivity index (χ4n) is 2.14. The smallest absolute Gasteiger partial charge is 0.284 e. The van der Waals surface area contributed by atoms with Crippen LogP contribution in [0.15, 0.2) is 6.20 Å². The normalized spacial score (nSPS) is 26.2. The fraction of sp³-hybridized carbons (Fsp3) is 0.700. The van der Waals surface area contributed by atoms with E-state index in [4.69, 9.17) is 11.5 Å². The highest BCUT2D eigenvalue weighted by Gasteiger charge is 2.23. The molecule has 16 heavy (non-hydrogen) atoms. The molecular weight excluding hydrogens is 214 g/mol. The summed E-state index contributed by atoms with van der Waals surface area (Å²) in [6, 6.07) is 0.397. The molecule has 4 nitrogen and oxygen atoms in total. The number of nitrogen functional groups attached to an aromatic ring is 1. The zero-order chi connectivity index (χ0) is 11.7. The van der Waals surface area contributed by atoms with Gasteiger partial charge < -0.3 is 11.5 Å². The van der Waals surface area contributed by atoms with E-state index in [9.17, 15) is 8.78 Å². The summed E-state index contributed by atoms with van der Waals surface area (Å²) in [4.78, 5) is 0. The lowest BCUT2D eigenvalue weighted by Gasteiger charge is -2.26. The molecule has 0 amide bonds. The summed E-state index contributed by atoms with van der Waals surface area (Å²) in [5.41, 5.74) is 11.0. The van der Waals surface area contributed by atoms with Gasteiger partial charge in [-0.3, -0.25) is 4.68 Å². The van der Waals surface area contributed by atoms with E-state index in [1.54, 1.807) is 4.68 Å². The highest BCUT2D eigenvalue weighted by molar-refractivity contribution is 5.41. The Labute approximate surface area is 92.6 Å². The molecule has 1 aromatic rings. The Balaban J connectivity index is 2.12. The van der Waals surface area contributed by atoms with Crippen molar-refractivity contribution in [3.8, 4) is 0 Å². The standard InChI is InChI=1S/C10H16F2N4/c11-10(12)9-8(14)5-16(15-9)7-3-1-6(13)2-4-7/h5-7,10H,1-4,13-14H2. The second-order valence-corrected chi connectivity index (χ2v) is 4.32. The van der Waals surface area contributed by atoms with Crippen LogP contribution in [-0.2, 0) is 0 Å². The Morgan fingerprint density at radius 1 is 1.31 bits per heavy atom. The molecule has 1 heterocycles. The third-order valence-corrected chi connectivity index (χ3v) is 3.11. The summed E-state index contributed by atoms with van der Waals surface area (Å²) in [6.45, 7) is 0. The Morgan fingerprint density at radius 3 is 2.44 bits per heavy atom. The minimum absolute atomic E-state index is 0.0740. The molecule has 0 aromatic carbocycles. The molecule has 0 atom stereocenters. The molecule has 0 radical (unpaired) electrons. The summed E-state index contributed by atoms with van der Waals surface area (Å²) in [6.07, 6.45) is 2.48. The van der Waals surface area contributed by atoms with Crippen molar-refractivity contribution in [2.45, 2.75) is 44.2 Å². The van der Waals surface area contributed by atoms with E-state index in [0.29, 0.717) is 0 Å². The Hall–Kier alpha value is -1.17.